The Kier molecular flexibility index (Phi) is 5.53. The van der Waals surface area contributed by atoms with Gasteiger partial charge in [0.05, 0.1) is 11.0 Å². The van der Waals surface area contributed by atoms with Crippen LogP contribution in [0.25, 0.3) is 32.3 Å². The van der Waals surface area contributed by atoms with Crippen LogP contribution >= 0.6 is 22.7 Å². The third-order valence-corrected chi connectivity index (χ3v) is 8.07. The molecular formula is C25H23N3O2S2. The van der Waals surface area contributed by atoms with Crippen LogP contribution in [0.4, 0.5) is 0 Å². The van der Waals surface area contributed by atoms with Crippen molar-refractivity contribution >= 4 is 50.4 Å². The highest BCUT2D eigenvalue weighted by Crippen LogP contribution is 2.32. The van der Waals surface area contributed by atoms with Gasteiger partial charge in [-0.15, -0.1) is 22.7 Å². The lowest BCUT2D eigenvalue weighted by Gasteiger charge is -2.17. The molecule has 1 N–H and O–H groups in total. The van der Waals surface area contributed by atoms with Gasteiger partial charge in [-0.2, -0.15) is 0 Å². The molecule has 1 amide bonds. The van der Waals surface area contributed by atoms with Gasteiger partial charge in [-0.25, -0.2) is 4.98 Å². The zero-order valence-electron chi connectivity index (χ0n) is 18.0. The van der Waals surface area contributed by atoms with Gasteiger partial charge in [0.15, 0.2) is 0 Å². The number of aromatic amines is 1. The molecule has 4 aromatic rings. The first-order chi connectivity index (χ1) is 15.5. The van der Waals surface area contributed by atoms with E-state index in [4.69, 9.17) is 4.98 Å². The Hall–Kier alpha value is -3.03. The van der Waals surface area contributed by atoms with Gasteiger partial charge in [-0.3, -0.25) is 9.59 Å². The molecule has 162 valence electrons. The molecule has 5 rings (SSSR count). The average Bonchev–Trinajstić information content (AvgIpc) is 3.54. The standard InChI is InChI=1S/C25H23N3O2S2/c1-15-16(2)31-24-21(15)23(29)26-22(27-24)19(25(30)28-12-6-7-13-28)14-18-10-11-20(32-18)17-8-4-3-5-9-17/h3-5,8-11,14H,6-7,12-13H2,1-2H3,(H,26,27,29)/b19-14-. The molecule has 0 radical (unpaired) electrons. The summed E-state index contributed by atoms with van der Waals surface area (Å²) in [5, 5.41) is 0.617. The monoisotopic (exact) mass is 461 g/mol. The van der Waals surface area contributed by atoms with Crippen molar-refractivity contribution in [2.45, 2.75) is 26.7 Å². The van der Waals surface area contributed by atoms with Crippen molar-refractivity contribution in [1.82, 2.24) is 14.9 Å². The van der Waals surface area contributed by atoms with Crippen LogP contribution in [-0.2, 0) is 4.79 Å². The summed E-state index contributed by atoms with van der Waals surface area (Å²) in [7, 11) is 0. The van der Waals surface area contributed by atoms with E-state index in [0.29, 0.717) is 21.6 Å². The molecule has 4 heterocycles. The topological polar surface area (TPSA) is 66.1 Å². The molecular weight excluding hydrogens is 438 g/mol. The summed E-state index contributed by atoms with van der Waals surface area (Å²) in [6.45, 7) is 5.40. The predicted molar refractivity (Wildman–Crippen MR) is 133 cm³/mol. The fourth-order valence-corrected chi connectivity index (χ4v) is 6.02. The highest BCUT2D eigenvalue weighted by Gasteiger charge is 2.25. The Balaban J connectivity index is 1.62. The summed E-state index contributed by atoms with van der Waals surface area (Å²) < 4.78 is 0. The predicted octanol–water partition coefficient (Wildman–Crippen LogP) is 5.49. The third-order valence-electron chi connectivity index (χ3n) is 5.89. The number of hydrogen-bond donors (Lipinski definition) is 1. The lowest BCUT2D eigenvalue weighted by atomic mass is 10.1. The molecule has 1 aromatic carbocycles. The number of hydrogen-bond acceptors (Lipinski definition) is 5. The van der Waals surface area contributed by atoms with E-state index in [1.807, 2.05) is 49.1 Å². The molecule has 0 bridgehead atoms. The summed E-state index contributed by atoms with van der Waals surface area (Å²) in [5.41, 5.74) is 2.34. The fourth-order valence-electron chi connectivity index (χ4n) is 4.03. The first kappa shape index (κ1) is 20.8. The van der Waals surface area contributed by atoms with Crippen molar-refractivity contribution in [2.24, 2.45) is 0 Å². The Labute approximate surface area is 194 Å². The van der Waals surface area contributed by atoms with Gasteiger partial charge in [0.25, 0.3) is 11.5 Å². The molecule has 1 fully saturated rings. The van der Waals surface area contributed by atoms with E-state index in [-0.39, 0.29) is 11.5 Å². The van der Waals surface area contributed by atoms with Gasteiger partial charge in [-0.05, 0) is 56.0 Å². The number of thiophene rings is 2. The second kappa shape index (κ2) is 8.48. The number of benzene rings is 1. The third kappa shape index (κ3) is 3.82. The van der Waals surface area contributed by atoms with Gasteiger partial charge in [0, 0.05) is 27.7 Å². The molecule has 32 heavy (non-hydrogen) atoms. The van der Waals surface area contributed by atoms with E-state index in [1.165, 1.54) is 11.3 Å². The van der Waals surface area contributed by atoms with Crippen LogP contribution in [-0.4, -0.2) is 33.9 Å². The molecule has 0 atom stereocenters. The second-order valence-corrected chi connectivity index (χ2v) is 10.3. The number of H-pyrrole nitrogens is 1. The number of amides is 1. The SMILES string of the molecule is Cc1sc2nc(/C(=C/c3ccc(-c4ccccc4)s3)C(=O)N3CCCC3)[nH]c(=O)c2c1C. The summed E-state index contributed by atoms with van der Waals surface area (Å²) in [6.07, 6.45) is 3.88. The minimum Gasteiger partial charge on any atom is -0.339 e. The number of aromatic nitrogens is 2. The van der Waals surface area contributed by atoms with Gasteiger partial charge >= 0.3 is 0 Å². The molecule has 1 saturated heterocycles. The molecule has 1 aliphatic heterocycles. The number of aryl methyl sites for hydroxylation is 2. The lowest BCUT2D eigenvalue weighted by molar-refractivity contribution is -0.123. The van der Waals surface area contributed by atoms with Crippen molar-refractivity contribution in [1.29, 1.82) is 0 Å². The summed E-state index contributed by atoms with van der Waals surface area (Å²) >= 11 is 3.11. The second-order valence-electron chi connectivity index (χ2n) is 8.00. The summed E-state index contributed by atoms with van der Waals surface area (Å²) in [6, 6.07) is 14.3. The lowest BCUT2D eigenvalue weighted by Crippen LogP contribution is -2.29. The zero-order valence-corrected chi connectivity index (χ0v) is 19.6. The van der Waals surface area contributed by atoms with Gasteiger partial charge < -0.3 is 9.88 Å². The molecule has 7 heteroatoms. The van der Waals surface area contributed by atoms with Crippen molar-refractivity contribution in [2.75, 3.05) is 13.1 Å². The number of likely N-dealkylation sites (tertiary alicyclic amines) is 1. The van der Waals surface area contributed by atoms with Crippen molar-refractivity contribution in [3.8, 4) is 10.4 Å². The molecule has 0 spiro atoms. The summed E-state index contributed by atoms with van der Waals surface area (Å²) in [5.74, 6) is 0.264. The highest BCUT2D eigenvalue weighted by molar-refractivity contribution is 7.18. The van der Waals surface area contributed by atoms with E-state index in [9.17, 15) is 9.59 Å². The normalized spacial score (nSPS) is 14.4. The van der Waals surface area contributed by atoms with Crippen LogP contribution in [0.15, 0.2) is 47.3 Å². The van der Waals surface area contributed by atoms with Crippen LogP contribution in [0.2, 0.25) is 0 Å². The number of rotatable bonds is 4. The molecule has 3 aromatic heterocycles. The van der Waals surface area contributed by atoms with Crippen molar-refractivity contribution < 1.29 is 4.79 Å². The molecule has 0 unspecified atom stereocenters. The first-order valence-electron chi connectivity index (χ1n) is 10.7. The minimum atomic E-state index is -0.192. The van der Waals surface area contributed by atoms with E-state index in [1.54, 1.807) is 11.3 Å². The smallest absolute Gasteiger partial charge is 0.260 e. The number of nitrogens with one attached hydrogen (secondary N) is 1. The Morgan fingerprint density at radius 2 is 1.81 bits per heavy atom. The molecule has 0 saturated carbocycles. The Bertz CT molecular complexity index is 1390. The average molecular weight is 462 g/mol. The van der Waals surface area contributed by atoms with Crippen LogP contribution in [0.1, 0.15) is 34.0 Å². The maximum Gasteiger partial charge on any atom is 0.260 e. The number of nitrogens with zero attached hydrogens (tertiary/aromatic N) is 2. The quantitative estimate of drug-likeness (QED) is 0.409. The maximum absolute atomic E-state index is 13.5. The van der Waals surface area contributed by atoms with E-state index < -0.39 is 0 Å². The van der Waals surface area contributed by atoms with E-state index in [0.717, 1.165) is 51.7 Å². The number of carbonyl (C=O) groups excluding carboxylic acids is 1. The largest absolute Gasteiger partial charge is 0.339 e. The Morgan fingerprint density at radius 1 is 1.06 bits per heavy atom. The molecule has 5 nitrogen and oxygen atoms in total. The maximum atomic E-state index is 13.5. The summed E-state index contributed by atoms with van der Waals surface area (Å²) in [4.78, 5) is 39.6. The van der Waals surface area contributed by atoms with Crippen LogP contribution in [0.5, 0.6) is 0 Å². The van der Waals surface area contributed by atoms with Crippen molar-refractivity contribution in [3.63, 3.8) is 0 Å². The van der Waals surface area contributed by atoms with Gasteiger partial charge in [0.1, 0.15) is 10.7 Å². The molecule has 1 aliphatic rings. The van der Waals surface area contributed by atoms with Crippen LogP contribution in [0, 0.1) is 13.8 Å². The van der Waals surface area contributed by atoms with Gasteiger partial charge in [0.2, 0.25) is 0 Å². The van der Waals surface area contributed by atoms with E-state index in [2.05, 4.69) is 23.2 Å². The minimum absolute atomic E-state index is 0.0790. The zero-order chi connectivity index (χ0) is 22.2. The molecule has 0 aliphatic carbocycles. The van der Waals surface area contributed by atoms with E-state index >= 15 is 0 Å². The van der Waals surface area contributed by atoms with Gasteiger partial charge in [-0.1, -0.05) is 30.3 Å². The van der Waals surface area contributed by atoms with Crippen LogP contribution in [0.3, 0.4) is 0 Å². The number of carbonyl (C=O) groups is 1. The Morgan fingerprint density at radius 3 is 2.56 bits per heavy atom. The first-order valence-corrected chi connectivity index (χ1v) is 12.3. The highest BCUT2D eigenvalue weighted by atomic mass is 32.1. The van der Waals surface area contributed by atoms with Crippen molar-refractivity contribution in [3.05, 3.63) is 74.0 Å². The van der Waals surface area contributed by atoms with Crippen LogP contribution < -0.4 is 5.56 Å². The number of fused-ring (bicyclic) bond motifs is 1. The fraction of sp³-hybridized carbons (Fsp3) is 0.240.